The Kier molecular flexibility index (Phi) is 4.82. The maximum absolute atomic E-state index is 5.86. The molecule has 1 unspecified atom stereocenters. The molecule has 0 aliphatic heterocycles. The van der Waals surface area contributed by atoms with Gasteiger partial charge in [0.2, 0.25) is 0 Å². The van der Waals surface area contributed by atoms with Crippen LogP contribution in [-0.4, -0.2) is 20.3 Å². The second-order valence-electron chi connectivity index (χ2n) is 4.71. The molecule has 17 heavy (non-hydrogen) atoms. The Hall–Kier alpha value is -1.22. The summed E-state index contributed by atoms with van der Waals surface area (Å²) in [6, 6.07) is 4.15. The van der Waals surface area contributed by atoms with Crippen molar-refractivity contribution in [3.63, 3.8) is 0 Å². The molecule has 0 spiro atoms. The van der Waals surface area contributed by atoms with Gasteiger partial charge >= 0.3 is 0 Å². The maximum Gasteiger partial charge on any atom is 0.129 e. The van der Waals surface area contributed by atoms with Gasteiger partial charge in [-0.2, -0.15) is 0 Å². The van der Waals surface area contributed by atoms with Gasteiger partial charge < -0.3 is 15.2 Å². The minimum atomic E-state index is 0.123. The summed E-state index contributed by atoms with van der Waals surface area (Å²) in [6.07, 6.45) is 0.812. The van der Waals surface area contributed by atoms with Crippen molar-refractivity contribution in [2.45, 2.75) is 39.2 Å². The monoisotopic (exact) mass is 237 g/mol. The fourth-order valence-electron chi connectivity index (χ4n) is 2.10. The van der Waals surface area contributed by atoms with E-state index < -0.39 is 0 Å². The highest BCUT2D eigenvalue weighted by atomic mass is 16.5. The van der Waals surface area contributed by atoms with Crippen LogP contribution in [0.1, 0.15) is 37.8 Å². The van der Waals surface area contributed by atoms with Crippen LogP contribution >= 0.6 is 0 Å². The molecule has 3 heteroatoms. The Morgan fingerprint density at radius 2 is 1.76 bits per heavy atom. The van der Waals surface area contributed by atoms with E-state index in [2.05, 4.69) is 13.8 Å². The third-order valence-corrected chi connectivity index (χ3v) is 2.78. The topological polar surface area (TPSA) is 44.5 Å². The van der Waals surface area contributed by atoms with Crippen molar-refractivity contribution in [2.24, 2.45) is 5.73 Å². The van der Waals surface area contributed by atoms with Gasteiger partial charge in [0, 0.05) is 11.6 Å². The van der Waals surface area contributed by atoms with E-state index in [1.807, 2.05) is 19.1 Å². The van der Waals surface area contributed by atoms with E-state index >= 15 is 0 Å². The summed E-state index contributed by atoms with van der Waals surface area (Å²) in [7, 11) is 3.39. The summed E-state index contributed by atoms with van der Waals surface area (Å²) < 4.78 is 10.9. The van der Waals surface area contributed by atoms with E-state index in [0.717, 1.165) is 29.0 Å². The zero-order valence-electron chi connectivity index (χ0n) is 11.4. The van der Waals surface area contributed by atoms with E-state index in [1.165, 1.54) is 0 Å². The molecule has 0 radical (unpaired) electrons. The highest BCUT2D eigenvalue weighted by Crippen LogP contribution is 2.38. The molecule has 1 aromatic rings. The minimum absolute atomic E-state index is 0.123. The lowest BCUT2D eigenvalue weighted by Gasteiger charge is -2.20. The second kappa shape index (κ2) is 5.92. The summed E-state index contributed by atoms with van der Waals surface area (Å²) in [4.78, 5) is 0. The van der Waals surface area contributed by atoms with Gasteiger partial charge in [-0.25, -0.2) is 0 Å². The van der Waals surface area contributed by atoms with Gasteiger partial charge in [0.15, 0.2) is 0 Å². The molecule has 0 saturated carbocycles. The second-order valence-corrected chi connectivity index (χ2v) is 4.71. The van der Waals surface area contributed by atoms with Crippen LogP contribution in [0.3, 0.4) is 0 Å². The molecule has 0 bridgehead atoms. The lowest BCUT2D eigenvalue weighted by molar-refractivity contribution is 0.378. The number of hydrogen-bond acceptors (Lipinski definition) is 3. The molecule has 0 amide bonds. The van der Waals surface area contributed by atoms with Crippen LogP contribution in [0.5, 0.6) is 11.5 Å². The molecule has 96 valence electrons. The molecular formula is C14H23NO2. The van der Waals surface area contributed by atoms with Crippen molar-refractivity contribution in [1.29, 1.82) is 0 Å². The Bertz CT molecular complexity index is 373. The van der Waals surface area contributed by atoms with Gasteiger partial charge in [-0.1, -0.05) is 19.9 Å². The third kappa shape index (κ3) is 3.13. The van der Waals surface area contributed by atoms with E-state index in [4.69, 9.17) is 15.2 Å². The lowest BCUT2D eigenvalue weighted by Crippen LogP contribution is -2.18. The number of hydrogen-bond donors (Lipinski definition) is 1. The first-order valence-electron chi connectivity index (χ1n) is 6.00. The smallest absolute Gasteiger partial charge is 0.129 e. The lowest BCUT2D eigenvalue weighted by atomic mass is 9.95. The zero-order valence-corrected chi connectivity index (χ0v) is 11.4. The van der Waals surface area contributed by atoms with E-state index in [-0.39, 0.29) is 6.04 Å². The van der Waals surface area contributed by atoms with E-state index in [0.29, 0.717) is 5.92 Å². The number of methoxy groups -OCH3 is 2. The van der Waals surface area contributed by atoms with Crippen LogP contribution in [0.2, 0.25) is 0 Å². The predicted molar refractivity (Wildman–Crippen MR) is 71.0 cm³/mol. The van der Waals surface area contributed by atoms with E-state index in [1.54, 1.807) is 14.2 Å². The van der Waals surface area contributed by atoms with Gasteiger partial charge in [-0.3, -0.25) is 0 Å². The van der Waals surface area contributed by atoms with Crippen LogP contribution in [0.25, 0.3) is 0 Å². The zero-order chi connectivity index (χ0) is 13.0. The molecule has 3 nitrogen and oxygen atoms in total. The van der Waals surface area contributed by atoms with Gasteiger partial charge in [0.25, 0.3) is 0 Å². The summed E-state index contributed by atoms with van der Waals surface area (Å²) in [6.45, 7) is 6.27. The number of ether oxygens (including phenoxy) is 2. The van der Waals surface area contributed by atoms with E-state index in [9.17, 15) is 0 Å². The number of nitrogens with two attached hydrogens (primary N) is 1. The van der Waals surface area contributed by atoms with Crippen molar-refractivity contribution in [3.05, 3.63) is 23.3 Å². The summed E-state index contributed by atoms with van der Waals surface area (Å²) in [5.74, 6) is 2.15. The average molecular weight is 237 g/mol. The van der Waals surface area contributed by atoms with Crippen LogP contribution in [0.4, 0.5) is 0 Å². The van der Waals surface area contributed by atoms with Crippen LogP contribution in [-0.2, 0) is 6.42 Å². The molecule has 0 aliphatic carbocycles. The van der Waals surface area contributed by atoms with Crippen LogP contribution in [0.15, 0.2) is 12.1 Å². The van der Waals surface area contributed by atoms with Gasteiger partial charge in [-0.15, -0.1) is 0 Å². The SMILES string of the molecule is COc1ccc(CC(C)N)c(OC)c1C(C)C. The average Bonchev–Trinajstić information content (AvgIpc) is 2.27. The number of benzene rings is 1. The fourth-order valence-corrected chi connectivity index (χ4v) is 2.10. The standard InChI is InChI=1S/C14H23NO2/c1-9(2)13-12(16-4)7-6-11(8-10(3)15)14(13)17-5/h6-7,9-10H,8,15H2,1-5H3. The van der Waals surface area contributed by atoms with Crippen molar-refractivity contribution in [2.75, 3.05) is 14.2 Å². The highest BCUT2D eigenvalue weighted by Gasteiger charge is 2.18. The van der Waals surface area contributed by atoms with Crippen LogP contribution in [0, 0.1) is 0 Å². The van der Waals surface area contributed by atoms with Crippen molar-refractivity contribution in [1.82, 2.24) is 0 Å². The minimum Gasteiger partial charge on any atom is -0.496 e. The third-order valence-electron chi connectivity index (χ3n) is 2.78. The van der Waals surface area contributed by atoms with Crippen molar-refractivity contribution < 1.29 is 9.47 Å². The Morgan fingerprint density at radius 3 is 2.18 bits per heavy atom. The Balaban J connectivity index is 3.30. The quantitative estimate of drug-likeness (QED) is 0.856. The predicted octanol–water partition coefficient (Wildman–Crippen LogP) is 2.72. The summed E-state index contributed by atoms with van der Waals surface area (Å²) in [5, 5.41) is 0. The Morgan fingerprint density at radius 1 is 1.12 bits per heavy atom. The highest BCUT2D eigenvalue weighted by molar-refractivity contribution is 5.52. The molecule has 0 fully saturated rings. The summed E-state index contributed by atoms with van der Waals surface area (Å²) >= 11 is 0. The van der Waals surface area contributed by atoms with Gasteiger partial charge in [0.05, 0.1) is 14.2 Å². The first-order chi connectivity index (χ1) is 8.01. The van der Waals surface area contributed by atoms with Crippen molar-refractivity contribution >= 4 is 0 Å². The molecule has 0 heterocycles. The van der Waals surface area contributed by atoms with Gasteiger partial charge in [-0.05, 0) is 30.9 Å². The largest absolute Gasteiger partial charge is 0.496 e. The van der Waals surface area contributed by atoms with Gasteiger partial charge in [0.1, 0.15) is 11.5 Å². The summed E-state index contributed by atoms with van der Waals surface area (Å²) in [5.41, 5.74) is 8.12. The normalized spacial score (nSPS) is 12.6. The molecule has 0 aliphatic rings. The molecule has 0 saturated heterocycles. The number of rotatable bonds is 5. The first-order valence-corrected chi connectivity index (χ1v) is 6.00. The molecule has 1 atom stereocenters. The maximum atomic E-state index is 5.86. The van der Waals surface area contributed by atoms with Crippen LogP contribution < -0.4 is 15.2 Å². The molecular weight excluding hydrogens is 214 g/mol. The molecule has 0 aromatic heterocycles. The molecule has 1 aromatic carbocycles. The Labute approximate surface area is 104 Å². The first kappa shape index (κ1) is 13.8. The van der Waals surface area contributed by atoms with Crippen molar-refractivity contribution in [3.8, 4) is 11.5 Å². The fraction of sp³-hybridized carbons (Fsp3) is 0.571. The molecule has 1 rings (SSSR count). The molecule has 2 N–H and O–H groups in total.